The fourth-order valence-corrected chi connectivity index (χ4v) is 1.62. The van der Waals surface area contributed by atoms with Gasteiger partial charge in [0.05, 0.1) is 6.04 Å². The van der Waals surface area contributed by atoms with E-state index in [-0.39, 0.29) is 11.9 Å². The third-order valence-corrected chi connectivity index (χ3v) is 2.64. The largest absolute Gasteiger partial charge is 0.338 e. The molecule has 0 fully saturated rings. The first-order chi connectivity index (χ1) is 6.67. The number of hydrogen-bond donors (Lipinski definition) is 1. The van der Waals surface area contributed by atoms with Gasteiger partial charge in [0.25, 0.3) is 0 Å². The van der Waals surface area contributed by atoms with Gasteiger partial charge in [-0.3, -0.25) is 4.79 Å². The van der Waals surface area contributed by atoms with Crippen LogP contribution in [0.1, 0.15) is 13.3 Å². The number of carbonyl (C=O) groups is 1. The zero-order chi connectivity index (χ0) is 11.0. The summed E-state index contributed by atoms with van der Waals surface area (Å²) in [5.41, 5.74) is 5.77. The second-order valence-electron chi connectivity index (χ2n) is 3.05. The highest BCUT2D eigenvalue weighted by molar-refractivity contribution is 7.98. The molecule has 0 aliphatic rings. The summed E-state index contributed by atoms with van der Waals surface area (Å²) in [6.07, 6.45) is 4.48. The molecule has 0 aromatic heterocycles. The second-order valence-corrected chi connectivity index (χ2v) is 4.04. The van der Waals surface area contributed by atoms with E-state index in [1.165, 1.54) is 0 Å². The van der Waals surface area contributed by atoms with E-state index in [1.54, 1.807) is 22.7 Å². The van der Waals surface area contributed by atoms with Crippen molar-refractivity contribution in [1.82, 2.24) is 4.90 Å². The first-order valence-electron chi connectivity index (χ1n) is 4.81. The van der Waals surface area contributed by atoms with Crippen molar-refractivity contribution in [3.8, 4) is 0 Å². The number of nitrogens with two attached hydrogens (primary N) is 1. The number of hydrogen-bond acceptors (Lipinski definition) is 3. The smallest absolute Gasteiger partial charge is 0.239 e. The van der Waals surface area contributed by atoms with Gasteiger partial charge in [-0.25, -0.2) is 0 Å². The summed E-state index contributed by atoms with van der Waals surface area (Å²) in [6.45, 7) is 6.84. The number of rotatable bonds is 7. The van der Waals surface area contributed by atoms with Gasteiger partial charge >= 0.3 is 0 Å². The zero-order valence-electron chi connectivity index (χ0n) is 9.03. The zero-order valence-corrected chi connectivity index (χ0v) is 9.85. The van der Waals surface area contributed by atoms with Gasteiger partial charge in [0.2, 0.25) is 5.91 Å². The molecule has 14 heavy (non-hydrogen) atoms. The van der Waals surface area contributed by atoms with E-state index in [4.69, 9.17) is 5.73 Å². The topological polar surface area (TPSA) is 46.3 Å². The Hall–Kier alpha value is -0.480. The fraction of sp³-hybridized carbons (Fsp3) is 0.700. The summed E-state index contributed by atoms with van der Waals surface area (Å²) in [6, 6.07) is -0.359. The lowest BCUT2D eigenvalue weighted by atomic mass is 10.2. The van der Waals surface area contributed by atoms with E-state index in [0.717, 1.165) is 12.2 Å². The average Bonchev–Trinajstić information content (AvgIpc) is 2.21. The van der Waals surface area contributed by atoms with Gasteiger partial charge in [-0.1, -0.05) is 6.08 Å². The van der Waals surface area contributed by atoms with Gasteiger partial charge in [-0.15, -0.1) is 6.58 Å². The maximum atomic E-state index is 11.7. The Morgan fingerprint density at radius 2 is 2.36 bits per heavy atom. The summed E-state index contributed by atoms with van der Waals surface area (Å²) >= 11 is 1.71. The number of carbonyl (C=O) groups excluding carboxylic acids is 1. The first-order valence-corrected chi connectivity index (χ1v) is 6.20. The van der Waals surface area contributed by atoms with Crippen LogP contribution in [0.25, 0.3) is 0 Å². The Balaban J connectivity index is 4.05. The molecule has 0 aromatic carbocycles. The molecule has 0 aromatic rings. The molecule has 0 unspecified atom stereocenters. The lowest BCUT2D eigenvalue weighted by Gasteiger charge is -2.22. The van der Waals surface area contributed by atoms with Crippen molar-refractivity contribution in [3.05, 3.63) is 12.7 Å². The Bertz CT molecular complexity index is 185. The van der Waals surface area contributed by atoms with Crippen LogP contribution in [0, 0.1) is 0 Å². The van der Waals surface area contributed by atoms with Crippen molar-refractivity contribution in [1.29, 1.82) is 0 Å². The number of amides is 1. The van der Waals surface area contributed by atoms with Gasteiger partial charge in [0.1, 0.15) is 0 Å². The highest BCUT2D eigenvalue weighted by Crippen LogP contribution is 2.02. The van der Waals surface area contributed by atoms with E-state index in [0.29, 0.717) is 13.1 Å². The number of likely N-dealkylation sites (N-methyl/N-ethyl adjacent to an activating group) is 1. The third-order valence-electron chi connectivity index (χ3n) is 1.99. The summed E-state index contributed by atoms with van der Waals surface area (Å²) in [7, 11) is 0. The van der Waals surface area contributed by atoms with Crippen molar-refractivity contribution in [2.24, 2.45) is 5.73 Å². The van der Waals surface area contributed by atoms with E-state index < -0.39 is 0 Å². The van der Waals surface area contributed by atoms with Crippen molar-refractivity contribution in [2.45, 2.75) is 19.4 Å². The van der Waals surface area contributed by atoms with Crippen molar-refractivity contribution >= 4 is 17.7 Å². The normalized spacial score (nSPS) is 12.2. The van der Waals surface area contributed by atoms with E-state index in [9.17, 15) is 4.79 Å². The predicted molar refractivity (Wildman–Crippen MR) is 63.4 cm³/mol. The van der Waals surface area contributed by atoms with Crippen molar-refractivity contribution < 1.29 is 4.79 Å². The van der Waals surface area contributed by atoms with Crippen molar-refractivity contribution in [3.63, 3.8) is 0 Å². The molecule has 3 nitrogen and oxygen atoms in total. The average molecular weight is 216 g/mol. The minimum atomic E-state index is -0.359. The predicted octanol–water partition coefficient (Wildman–Crippen LogP) is 1.10. The van der Waals surface area contributed by atoms with Crippen LogP contribution in [0.15, 0.2) is 12.7 Å². The molecular formula is C10H20N2OS. The Morgan fingerprint density at radius 3 is 2.79 bits per heavy atom. The third kappa shape index (κ3) is 4.67. The molecule has 0 spiro atoms. The molecule has 82 valence electrons. The monoisotopic (exact) mass is 216 g/mol. The maximum Gasteiger partial charge on any atom is 0.239 e. The molecule has 2 N–H and O–H groups in total. The molecule has 4 heteroatoms. The number of thioether (sulfide) groups is 1. The fourth-order valence-electron chi connectivity index (χ4n) is 1.13. The molecule has 0 saturated carbocycles. The molecule has 0 rings (SSSR count). The summed E-state index contributed by atoms with van der Waals surface area (Å²) in [5, 5.41) is 0. The van der Waals surface area contributed by atoms with Crippen LogP contribution in [0.4, 0.5) is 0 Å². The SMILES string of the molecule is C=CCN(CC)C(=O)[C@H](N)CCSC. The maximum absolute atomic E-state index is 11.7. The Morgan fingerprint density at radius 1 is 1.71 bits per heavy atom. The minimum Gasteiger partial charge on any atom is -0.338 e. The summed E-state index contributed by atoms with van der Waals surface area (Å²) in [5.74, 6) is 0.958. The van der Waals surface area contributed by atoms with Crippen LogP contribution < -0.4 is 5.73 Å². The molecule has 1 atom stereocenters. The lowest BCUT2D eigenvalue weighted by molar-refractivity contribution is -0.131. The summed E-state index contributed by atoms with van der Waals surface area (Å²) in [4.78, 5) is 13.4. The van der Waals surface area contributed by atoms with Gasteiger partial charge in [0.15, 0.2) is 0 Å². The molecule has 0 aliphatic heterocycles. The van der Waals surface area contributed by atoms with E-state index in [1.807, 2.05) is 13.2 Å². The van der Waals surface area contributed by atoms with Gasteiger partial charge in [0, 0.05) is 13.1 Å². The molecule has 0 radical (unpaired) electrons. The Kier molecular flexibility index (Phi) is 7.61. The molecular weight excluding hydrogens is 196 g/mol. The molecule has 0 bridgehead atoms. The molecule has 0 aliphatic carbocycles. The van der Waals surface area contributed by atoms with Crippen molar-refractivity contribution in [2.75, 3.05) is 25.1 Å². The molecule has 1 amide bonds. The van der Waals surface area contributed by atoms with E-state index in [2.05, 4.69) is 6.58 Å². The van der Waals surface area contributed by atoms with Gasteiger partial charge in [-0.05, 0) is 25.4 Å². The second kappa shape index (κ2) is 7.88. The van der Waals surface area contributed by atoms with Crippen LogP contribution in [0.5, 0.6) is 0 Å². The summed E-state index contributed by atoms with van der Waals surface area (Å²) < 4.78 is 0. The molecule has 0 heterocycles. The van der Waals surface area contributed by atoms with Crippen LogP contribution in [-0.4, -0.2) is 41.9 Å². The first kappa shape index (κ1) is 13.5. The van der Waals surface area contributed by atoms with Crippen LogP contribution in [0.2, 0.25) is 0 Å². The van der Waals surface area contributed by atoms with Crippen LogP contribution in [-0.2, 0) is 4.79 Å². The quantitative estimate of drug-likeness (QED) is 0.648. The lowest BCUT2D eigenvalue weighted by Crippen LogP contribution is -2.44. The Labute approximate surface area is 90.7 Å². The van der Waals surface area contributed by atoms with Crippen LogP contribution >= 0.6 is 11.8 Å². The van der Waals surface area contributed by atoms with E-state index >= 15 is 0 Å². The highest BCUT2D eigenvalue weighted by Gasteiger charge is 2.17. The standard InChI is InChI=1S/C10H20N2OS/c1-4-7-12(5-2)10(13)9(11)6-8-14-3/h4,9H,1,5-8,11H2,2-3H3/t9-/m1/s1. The van der Waals surface area contributed by atoms with Gasteiger partial charge < -0.3 is 10.6 Å². The number of nitrogens with zero attached hydrogens (tertiary/aromatic N) is 1. The van der Waals surface area contributed by atoms with Gasteiger partial charge in [-0.2, -0.15) is 11.8 Å². The minimum absolute atomic E-state index is 0.0291. The molecule has 0 saturated heterocycles. The van der Waals surface area contributed by atoms with Crippen LogP contribution in [0.3, 0.4) is 0 Å². The highest BCUT2D eigenvalue weighted by atomic mass is 32.2.